The van der Waals surface area contributed by atoms with Crippen molar-refractivity contribution in [3.63, 3.8) is 0 Å². The van der Waals surface area contributed by atoms with Crippen LogP contribution in [-0.4, -0.2) is 20.8 Å². The van der Waals surface area contributed by atoms with E-state index in [9.17, 15) is 0 Å². The second-order valence-corrected chi connectivity index (χ2v) is 5.66. The van der Waals surface area contributed by atoms with Gasteiger partial charge in [-0.2, -0.15) is 0 Å². The average molecular weight is 261 g/mol. The van der Waals surface area contributed by atoms with Crippen molar-refractivity contribution in [1.82, 2.24) is 5.32 Å². The maximum absolute atomic E-state index is 5.67. The van der Waals surface area contributed by atoms with Gasteiger partial charge in [-0.15, -0.1) is 0 Å². The summed E-state index contributed by atoms with van der Waals surface area (Å²) in [5, 5.41) is 3.56. The third-order valence-corrected chi connectivity index (χ3v) is 4.69. The van der Waals surface area contributed by atoms with Gasteiger partial charge in [-0.25, -0.2) is 0 Å². The highest BCUT2D eigenvalue weighted by atomic mass is 16.5. The summed E-state index contributed by atoms with van der Waals surface area (Å²) in [4.78, 5) is 0. The monoisotopic (exact) mass is 261 g/mol. The molecule has 3 heteroatoms. The van der Waals surface area contributed by atoms with Crippen LogP contribution in [0.3, 0.4) is 0 Å². The number of hydrogen-bond acceptors (Lipinski definition) is 3. The van der Waals surface area contributed by atoms with Crippen molar-refractivity contribution in [2.75, 3.05) is 20.8 Å². The summed E-state index contributed by atoms with van der Waals surface area (Å²) < 4.78 is 11.1. The first-order chi connectivity index (χ1) is 9.35. The Balaban J connectivity index is 2.05. The number of methoxy groups -OCH3 is 2. The molecule has 0 bridgehead atoms. The minimum absolute atomic E-state index is 0.580. The molecule has 1 N–H and O–H groups in total. The lowest BCUT2D eigenvalue weighted by atomic mass is 9.80. The molecule has 2 aliphatic rings. The van der Waals surface area contributed by atoms with Gasteiger partial charge in [0.1, 0.15) is 0 Å². The van der Waals surface area contributed by atoms with E-state index >= 15 is 0 Å². The van der Waals surface area contributed by atoms with Crippen LogP contribution in [0.1, 0.15) is 42.7 Å². The first-order valence-electron chi connectivity index (χ1n) is 7.29. The fourth-order valence-electron chi connectivity index (χ4n) is 3.78. The Labute approximate surface area is 115 Å². The molecule has 0 radical (unpaired) electrons. The molecular formula is C16H23NO2. The van der Waals surface area contributed by atoms with E-state index in [2.05, 4.69) is 11.4 Å². The van der Waals surface area contributed by atoms with Gasteiger partial charge in [0.15, 0.2) is 11.5 Å². The van der Waals surface area contributed by atoms with Crippen LogP contribution in [0, 0.1) is 5.92 Å². The van der Waals surface area contributed by atoms with E-state index in [4.69, 9.17) is 9.47 Å². The van der Waals surface area contributed by atoms with Crippen LogP contribution in [-0.2, 0) is 6.54 Å². The number of hydrogen-bond donors (Lipinski definition) is 1. The topological polar surface area (TPSA) is 30.5 Å². The van der Waals surface area contributed by atoms with E-state index in [0.29, 0.717) is 5.92 Å². The molecule has 104 valence electrons. The van der Waals surface area contributed by atoms with E-state index in [-0.39, 0.29) is 0 Å². The van der Waals surface area contributed by atoms with Crippen LogP contribution < -0.4 is 14.8 Å². The Kier molecular flexibility index (Phi) is 3.65. The second kappa shape index (κ2) is 5.41. The highest BCUT2D eigenvalue weighted by Gasteiger charge is 2.33. The zero-order valence-electron chi connectivity index (χ0n) is 11.9. The maximum atomic E-state index is 5.67. The predicted octanol–water partition coefficient (Wildman–Crippen LogP) is 3.08. The van der Waals surface area contributed by atoms with Gasteiger partial charge in [0.2, 0.25) is 0 Å². The van der Waals surface area contributed by atoms with E-state index in [1.807, 2.05) is 6.07 Å². The molecule has 19 heavy (non-hydrogen) atoms. The van der Waals surface area contributed by atoms with Gasteiger partial charge in [-0.05, 0) is 30.4 Å². The Morgan fingerprint density at radius 3 is 2.58 bits per heavy atom. The van der Waals surface area contributed by atoms with Gasteiger partial charge in [0.05, 0.1) is 14.2 Å². The maximum Gasteiger partial charge on any atom is 0.164 e. The summed E-state index contributed by atoms with van der Waals surface area (Å²) >= 11 is 0. The first kappa shape index (κ1) is 12.8. The summed E-state index contributed by atoms with van der Waals surface area (Å²) in [6.45, 7) is 2.01. The van der Waals surface area contributed by atoms with E-state index in [1.165, 1.54) is 36.8 Å². The van der Waals surface area contributed by atoms with Crippen molar-refractivity contribution >= 4 is 0 Å². The molecule has 3 rings (SSSR count). The average Bonchev–Trinajstić information content (AvgIpc) is 2.99. The first-order valence-corrected chi connectivity index (χ1v) is 7.29. The lowest BCUT2D eigenvalue weighted by molar-refractivity contribution is 0.330. The van der Waals surface area contributed by atoms with Crippen LogP contribution >= 0.6 is 0 Å². The minimum atomic E-state index is 0.580. The Hall–Kier alpha value is -1.22. The van der Waals surface area contributed by atoms with Gasteiger partial charge < -0.3 is 14.8 Å². The summed E-state index contributed by atoms with van der Waals surface area (Å²) in [5.41, 5.74) is 2.77. The summed E-state index contributed by atoms with van der Waals surface area (Å²) in [7, 11) is 3.47. The fourth-order valence-corrected chi connectivity index (χ4v) is 3.78. The third-order valence-electron chi connectivity index (χ3n) is 4.69. The highest BCUT2D eigenvalue weighted by molar-refractivity contribution is 5.53. The number of rotatable bonds is 3. The predicted molar refractivity (Wildman–Crippen MR) is 76.0 cm³/mol. The molecule has 0 spiro atoms. The van der Waals surface area contributed by atoms with E-state index in [1.54, 1.807) is 14.2 Å². The number of benzene rings is 1. The number of nitrogens with one attached hydrogen (secondary N) is 1. The lowest BCUT2D eigenvalue weighted by Gasteiger charge is -2.32. The summed E-state index contributed by atoms with van der Waals surface area (Å²) in [5.74, 6) is 3.20. The van der Waals surface area contributed by atoms with Gasteiger partial charge in [-0.3, -0.25) is 0 Å². The molecule has 1 aromatic rings. The molecule has 1 aliphatic heterocycles. The zero-order valence-corrected chi connectivity index (χ0v) is 11.9. The van der Waals surface area contributed by atoms with Crippen LogP contribution in [0.2, 0.25) is 0 Å². The number of ether oxygens (including phenoxy) is 2. The van der Waals surface area contributed by atoms with Crippen molar-refractivity contribution in [2.45, 2.75) is 38.1 Å². The van der Waals surface area contributed by atoms with Gasteiger partial charge in [0.25, 0.3) is 0 Å². The molecule has 0 aromatic heterocycles. The Morgan fingerprint density at radius 1 is 1.11 bits per heavy atom. The molecule has 1 saturated carbocycles. The van der Waals surface area contributed by atoms with Crippen LogP contribution in [0.4, 0.5) is 0 Å². The minimum Gasteiger partial charge on any atom is -0.493 e. The van der Waals surface area contributed by atoms with Crippen LogP contribution in [0.15, 0.2) is 12.1 Å². The van der Waals surface area contributed by atoms with Crippen molar-refractivity contribution in [2.24, 2.45) is 5.92 Å². The third kappa shape index (κ3) is 2.20. The van der Waals surface area contributed by atoms with E-state index < -0.39 is 0 Å². The lowest BCUT2D eigenvalue weighted by Crippen LogP contribution is -2.32. The smallest absolute Gasteiger partial charge is 0.164 e. The molecule has 0 saturated heterocycles. The highest BCUT2D eigenvalue weighted by Crippen LogP contribution is 2.46. The molecule has 1 heterocycles. The molecule has 1 unspecified atom stereocenters. The standard InChI is InChI=1S/C16H23NO2/c1-18-14-8-7-12-9-17-10-13(11-5-3-4-6-11)15(12)16(14)19-2/h7-8,11,13,17H,3-6,9-10H2,1-2H3. The quantitative estimate of drug-likeness (QED) is 0.907. The van der Waals surface area contributed by atoms with Crippen molar-refractivity contribution < 1.29 is 9.47 Å². The number of fused-ring (bicyclic) bond motifs is 1. The Bertz CT molecular complexity index is 452. The zero-order chi connectivity index (χ0) is 13.2. The SMILES string of the molecule is COc1ccc2c(c1OC)C(C1CCCC1)CNC2. The normalized spacial score (nSPS) is 23.2. The fraction of sp³-hybridized carbons (Fsp3) is 0.625. The van der Waals surface area contributed by atoms with Gasteiger partial charge >= 0.3 is 0 Å². The molecule has 1 atom stereocenters. The second-order valence-electron chi connectivity index (χ2n) is 5.66. The molecule has 1 aliphatic carbocycles. The molecule has 0 amide bonds. The van der Waals surface area contributed by atoms with Crippen molar-refractivity contribution in [1.29, 1.82) is 0 Å². The van der Waals surface area contributed by atoms with Gasteiger partial charge in [-0.1, -0.05) is 18.9 Å². The summed E-state index contributed by atoms with van der Waals surface area (Å²) in [6.07, 6.45) is 5.46. The largest absolute Gasteiger partial charge is 0.493 e. The van der Waals surface area contributed by atoms with Gasteiger partial charge in [0, 0.05) is 24.6 Å². The van der Waals surface area contributed by atoms with Crippen LogP contribution in [0.25, 0.3) is 0 Å². The molecule has 3 nitrogen and oxygen atoms in total. The van der Waals surface area contributed by atoms with Crippen LogP contribution in [0.5, 0.6) is 11.5 Å². The summed E-state index contributed by atoms with van der Waals surface area (Å²) in [6, 6.07) is 4.21. The molecule has 1 aromatic carbocycles. The van der Waals surface area contributed by atoms with E-state index in [0.717, 1.165) is 30.5 Å². The Morgan fingerprint density at radius 2 is 1.89 bits per heavy atom. The van der Waals surface area contributed by atoms with Crippen molar-refractivity contribution in [3.8, 4) is 11.5 Å². The molecular weight excluding hydrogens is 238 g/mol. The van der Waals surface area contributed by atoms with Crippen molar-refractivity contribution in [3.05, 3.63) is 23.3 Å². The molecule has 1 fully saturated rings.